The molecule has 0 saturated carbocycles. The largest absolute Gasteiger partial charge is 0.457 e. The van der Waals surface area contributed by atoms with Crippen LogP contribution < -0.4 is 15.0 Å². The molecule has 0 spiro atoms. The standard InChI is InChI=1S/C29H27N7OS/c1-19-7-11-23(12-8-19)37-24-13-9-22(10-14-24)35-28(27(33-29(35)38)26-6-4-5-15-30-26)25-16-20(2)36(21(25)3)34-17-31-32-18-34/h4-18,27-28H,1-3H3,(H,33,38). The maximum absolute atomic E-state index is 6.06. The van der Waals surface area contributed by atoms with Gasteiger partial charge in [0.15, 0.2) is 5.11 Å². The van der Waals surface area contributed by atoms with Crippen molar-refractivity contribution < 1.29 is 4.74 Å². The molecular formula is C29H27N7OS. The summed E-state index contributed by atoms with van der Waals surface area (Å²) in [5, 5.41) is 12.2. The van der Waals surface area contributed by atoms with Gasteiger partial charge in [0, 0.05) is 28.8 Å². The predicted molar refractivity (Wildman–Crippen MR) is 150 cm³/mol. The molecule has 1 aliphatic rings. The van der Waals surface area contributed by atoms with Crippen molar-refractivity contribution in [1.29, 1.82) is 0 Å². The van der Waals surface area contributed by atoms with Gasteiger partial charge in [0.1, 0.15) is 24.2 Å². The van der Waals surface area contributed by atoms with Crippen molar-refractivity contribution in [2.45, 2.75) is 32.9 Å². The van der Waals surface area contributed by atoms with Gasteiger partial charge in [0.05, 0.1) is 17.8 Å². The number of ether oxygens (including phenoxy) is 1. The summed E-state index contributed by atoms with van der Waals surface area (Å²) < 4.78 is 10.0. The van der Waals surface area contributed by atoms with Gasteiger partial charge in [-0.05, 0) is 87.6 Å². The summed E-state index contributed by atoms with van der Waals surface area (Å²) in [7, 11) is 0. The monoisotopic (exact) mass is 521 g/mol. The molecule has 1 aliphatic heterocycles. The fourth-order valence-electron chi connectivity index (χ4n) is 5.10. The van der Waals surface area contributed by atoms with Crippen molar-refractivity contribution in [3.05, 3.63) is 120 Å². The molecule has 0 aliphatic carbocycles. The van der Waals surface area contributed by atoms with Crippen LogP contribution in [0.5, 0.6) is 11.5 Å². The van der Waals surface area contributed by atoms with Gasteiger partial charge in [0.2, 0.25) is 0 Å². The first-order valence-electron chi connectivity index (χ1n) is 12.4. The number of thiocarbonyl (C=S) groups is 1. The van der Waals surface area contributed by atoms with E-state index in [1.165, 1.54) is 5.56 Å². The highest BCUT2D eigenvalue weighted by Crippen LogP contribution is 2.43. The Balaban J connectivity index is 1.39. The van der Waals surface area contributed by atoms with E-state index in [-0.39, 0.29) is 12.1 Å². The minimum absolute atomic E-state index is 0.127. The number of nitrogens with zero attached hydrogens (tertiary/aromatic N) is 6. The lowest BCUT2D eigenvalue weighted by Gasteiger charge is -2.28. The Bertz CT molecular complexity index is 1560. The molecule has 2 aromatic carbocycles. The maximum Gasteiger partial charge on any atom is 0.174 e. The van der Waals surface area contributed by atoms with Crippen LogP contribution in [-0.4, -0.2) is 29.6 Å². The molecule has 190 valence electrons. The molecule has 1 N–H and O–H groups in total. The van der Waals surface area contributed by atoms with Crippen molar-refractivity contribution in [2.24, 2.45) is 0 Å². The summed E-state index contributed by atoms with van der Waals surface area (Å²) in [5.41, 5.74) is 6.37. The van der Waals surface area contributed by atoms with Crippen LogP contribution in [0.4, 0.5) is 5.69 Å². The number of aromatic nitrogens is 5. The molecule has 0 radical (unpaired) electrons. The fraction of sp³-hybridized carbons (Fsp3) is 0.172. The average molecular weight is 522 g/mol. The molecule has 2 atom stereocenters. The minimum Gasteiger partial charge on any atom is -0.457 e. The van der Waals surface area contributed by atoms with E-state index in [1.807, 2.05) is 77.6 Å². The number of aryl methyl sites for hydroxylation is 2. The lowest BCUT2D eigenvalue weighted by atomic mass is 9.96. The number of hydrogen-bond donors (Lipinski definition) is 1. The molecular weight excluding hydrogens is 494 g/mol. The number of pyridine rings is 1. The number of benzene rings is 2. The summed E-state index contributed by atoms with van der Waals surface area (Å²) in [4.78, 5) is 6.84. The SMILES string of the molecule is Cc1ccc(Oc2ccc(N3C(=S)NC(c4ccccn4)C3c3cc(C)n(-n4cnnc4)c3C)cc2)cc1. The van der Waals surface area contributed by atoms with Crippen molar-refractivity contribution in [2.75, 3.05) is 4.90 Å². The lowest BCUT2D eigenvalue weighted by molar-refractivity contribution is 0.482. The first-order chi connectivity index (χ1) is 18.5. The van der Waals surface area contributed by atoms with Crippen molar-refractivity contribution >= 4 is 23.0 Å². The lowest BCUT2D eigenvalue weighted by Crippen LogP contribution is -2.29. The Kier molecular flexibility index (Phi) is 6.13. The second-order valence-electron chi connectivity index (χ2n) is 9.39. The van der Waals surface area contributed by atoms with E-state index in [4.69, 9.17) is 17.0 Å². The molecule has 9 heteroatoms. The molecule has 4 heterocycles. The maximum atomic E-state index is 6.06. The van der Waals surface area contributed by atoms with Crippen LogP contribution in [0.3, 0.4) is 0 Å². The van der Waals surface area contributed by atoms with E-state index < -0.39 is 0 Å². The van der Waals surface area contributed by atoms with E-state index in [1.54, 1.807) is 12.7 Å². The van der Waals surface area contributed by atoms with Crippen LogP contribution in [0.2, 0.25) is 0 Å². The van der Waals surface area contributed by atoms with Crippen molar-refractivity contribution in [3.8, 4) is 11.5 Å². The van der Waals surface area contributed by atoms with Gasteiger partial charge >= 0.3 is 0 Å². The molecule has 1 saturated heterocycles. The molecule has 8 nitrogen and oxygen atoms in total. The highest BCUT2D eigenvalue weighted by molar-refractivity contribution is 7.80. The van der Waals surface area contributed by atoms with Crippen molar-refractivity contribution in [1.82, 2.24) is 29.9 Å². The highest BCUT2D eigenvalue weighted by Gasteiger charge is 2.42. The fourth-order valence-corrected chi connectivity index (χ4v) is 5.44. The van der Waals surface area contributed by atoms with Gasteiger partial charge in [-0.2, -0.15) is 0 Å². The van der Waals surface area contributed by atoms with Gasteiger partial charge in [-0.1, -0.05) is 23.8 Å². The average Bonchev–Trinajstić information content (AvgIpc) is 3.64. The summed E-state index contributed by atoms with van der Waals surface area (Å²) in [6.07, 6.45) is 5.21. The third-order valence-corrected chi connectivity index (χ3v) is 7.17. The molecule has 1 fully saturated rings. The third-order valence-electron chi connectivity index (χ3n) is 6.86. The van der Waals surface area contributed by atoms with Crippen LogP contribution in [0.15, 0.2) is 91.6 Å². The summed E-state index contributed by atoms with van der Waals surface area (Å²) in [5.74, 6) is 1.57. The topological polar surface area (TPSA) is 73.0 Å². The second-order valence-corrected chi connectivity index (χ2v) is 9.77. The zero-order chi connectivity index (χ0) is 26.2. The molecule has 3 aromatic heterocycles. The Labute approximate surface area is 226 Å². The van der Waals surface area contributed by atoms with E-state index in [9.17, 15) is 0 Å². The third kappa shape index (κ3) is 4.31. The molecule has 0 bridgehead atoms. The Morgan fingerprint density at radius 2 is 1.55 bits per heavy atom. The van der Waals surface area contributed by atoms with Gasteiger partial charge in [-0.15, -0.1) is 10.2 Å². The highest BCUT2D eigenvalue weighted by atomic mass is 32.1. The van der Waals surface area contributed by atoms with Crippen LogP contribution >= 0.6 is 12.2 Å². The van der Waals surface area contributed by atoms with Crippen LogP contribution in [0.1, 0.15) is 40.3 Å². The minimum atomic E-state index is -0.137. The zero-order valence-electron chi connectivity index (χ0n) is 21.3. The smallest absolute Gasteiger partial charge is 0.174 e. The summed E-state index contributed by atoms with van der Waals surface area (Å²) in [6.45, 7) is 6.24. The number of hydrogen-bond acceptors (Lipinski definition) is 5. The zero-order valence-corrected chi connectivity index (χ0v) is 22.1. The molecule has 0 amide bonds. The van der Waals surface area contributed by atoms with Crippen molar-refractivity contribution in [3.63, 3.8) is 0 Å². The van der Waals surface area contributed by atoms with Gasteiger partial charge in [-0.25, -0.2) is 4.68 Å². The Hall–Kier alpha value is -4.50. The summed E-state index contributed by atoms with van der Waals surface area (Å²) >= 11 is 5.91. The van der Waals surface area contributed by atoms with Gasteiger partial charge in [-0.3, -0.25) is 9.66 Å². The first-order valence-corrected chi connectivity index (χ1v) is 12.8. The Morgan fingerprint density at radius 1 is 0.868 bits per heavy atom. The van der Waals surface area contributed by atoms with E-state index in [0.29, 0.717) is 5.11 Å². The van der Waals surface area contributed by atoms with Gasteiger partial charge < -0.3 is 15.0 Å². The van der Waals surface area contributed by atoms with E-state index in [2.05, 4.69) is 56.9 Å². The molecule has 5 aromatic rings. The second kappa shape index (κ2) is 9.75. The number of nitrogens with one attached hydrogen (secondary N) is 1. The van der Waals surface area contributed by atoms with Crippen LogP contribution in [-0.2, 0) is 0 Å². The molecule has 2 unspecified atom stereocenters. The molecule has 6 rings (SSSR count). The van der Waals surface area contributed by atoms with Gasteiger partial charge in [0.25, 0.3) is 0 Å². The Morgan fingerprint density at radius 3 is 2.21 bits per heavy atom. The van der Waals surface area contributed by atoms with Crippen LogP contribution in [0, 0.1) is 20.8 Å². The molecule has 38 heavy (non-hydrogen) atoms. The number of anilines is 1. The normalized spacial score (nSPS) is 17.0. The van der Waals surface area contributed by atoms with E-state index >= 15 is 0 Å². The number of rotatable bonds is 6. The quantitative estimate of drug-likeness (QED) is 0.288. The van der Waals surface area contributed by atoms with E-state index in [0.717, 1.165) is 39.8 Å². The predicted octanol–water partition coefficient (Wildman–Crippen LogP) is 5.68. The van der Waals surface area contributed by atoms with Crippen LogP contribution in [0.25, 0.3) is 0 Å². The first kappa shape index (κ1) is 23.9. The summed E-state index contributed by atoms with van der Waals surface area (Å²) in [6, 6.07) is 24.0.